The lowest BCUT2D eigenvalue weighted by molar-refractivity contribution is -0.0504. The average molecular weight is 372 g/mol. The van der Waals surface area contributed by atoms with Gasteiger partial charge >= 0.3 is 12.7 Å². The van der Waals surface area contributed by atoms with Gasteiger partial charge in [0.15, 0.2) is 5.96 Å². The van der Waals surface area contributed by atoms with Crippen molar-refractivity contribution >= 4 is 12.1 Å². The number of aliphatic imine (C=N–C) groups is 1. The maximum atomic E-state index is 12.4. The summed E-state index contributed by atoms with van der Waals surface area (Å²) in [7, 11) is 1.58. The number of amides is 1. The molecule has 0 saturated heterocycles. The molecule has 9 heteroatoms. The molecule has 0 aliphatic carbocycles. The third kappa shape index (κ3) is 9.05. The van der Waals surface area contributed by atoms with Gasteiger partial charge in [0.1, 0.15) is 11.4 Å². The molecule has 26 heavy (non-hydrogen) atoms. The summed E-state index contributed by atoms with van der Waals surface area (Å²) in [5.41, 5.74) is 0.0191. The first kappa shape index (κ1) is 21.5. The molecule has 1 aromatic rings. The Labute approximate surface area is 152 Å². The van der Waals surface area contributed by atoms with E-state index in [4.69, 9.17) is 4.74 Å². The molecule has 146 valence electrons. The summed E-state index contributed by atoms with van der Waals surface area (Å²) in [5, 5.41) is 8.61. The van der Waals surface area contributed by atoms with Crippen molar-refractivity contribution in [2.75, 3.05) is 20.1 Å². The monoisotopic (exact) mass is 372 g/mol. The van der Waals surface area contributed by atoms with Crippen molar-refractivity contribution in [3.63, 3.8) is 0 Å². The summed E-state index contributed by atoms with van der Waals surface area (Å²) in [6.07, 6.45) is -0.500. The SMILES string of the molecule is CN=C(NCCNC(=O)OC(C)(C)C)NCc1ccccc1OC(F)F. The Morgan fingerprint density at radius 3 is 2.42 bits per heavy atom. The summed E-state index contributed by atoms with van der Waals surface area (Å²) in [6.45, 7) is 3.47. The molecule has 1 aromatic carbocycles. The quantitative estimate of drug-likeness (QED) is 0.389. The van der Waals surface area contributed by atoms with Crippen molar-refractivity contribution in [2.24, 2.45) is 4.99 Å². The number of carbonyl (C=O) groups is 1. The first-order valence-electron chi connectivity index (χ1n) is 8.15. The van der Waals surface area contributed by atoms with Crippen LogP contribution in [-0.2, 0) is 11.3 Å². The predicted octanol–water partition coefficient (Wildman–Crippen LogP) is 2.48. The van der Waals surface area contributed by atoms with Crippen LogP contribution in [0.2, 0.25) is 0 Å². The molecule has 0 unspecified atom stereocenters. The summed E-state index contributed by atoms with van der Waals surface area (Å²) in [6, 6.07) is 6.51. The number of ether oxygens (including phenoxy) is 2. The van der Waals surface area contributed by atoms with Crippen molar-refractivity contribution in [3.8, 4) is 5.75 Å². The number of nitrogens with one attached hydrogen (secondary N) is 3. The van der Waals surface area contributed by atoms with Crippen molar-refractivity contribution in [1.29, 1.82) is 0 Å². The van der Waals surface area contributed by atoms with Gasteiger partial charge in [-0.05, 0) is 26.8 Å². The highest BCUT2D eigenvalue weighted by Gasteiger charge is 2.15. The zero-order valence-corrected chi connectivity index (χ0v) is 15.4. The Bertz CT molecular complexity index is 604. The van der Waals surface area contributed by atoms with Gasteiger partial charge in [0, 0.05) is 32.2 Å². The molecule has 0 saturated carbocycles. The van der Waals surface area contributed by atoms with Crippen molar-refractivity contribution < 1.29 is 23.0 Å². The Kier molecular flexibility index (Phi) is 8.60. The molecule has 1 rings (SSSR count). The van der Waals surface area contributed by atoms with Crippen LogP contribution in [0.1, 0.15) is 26.3 Å². The normalized spacial score (nSPS) is 11.9. The first-order chi connectivity index (χ1) is 12.2. The number of alkyl halides is 2. The van der Waals surface area contributed by atoms with Gasteiger partial charge in [0.05, 0.1) is 0 Å². The lowest BCUT2D eigenvalue weighted by Gasteiger charge is -2.20. The standard InChI is InChI=1S/C17H26F2N4O3/c1-17(2,3)26-16(24)22-10-9-21-15(20-4)23-11-12-7-5-6-8-13(12)25-14(18)19/h5-8,14H,9-11H2,1-4H3,(H,22,24)(H2,20,21,23). The topological polar surface area (TPSA) is 84.0 Å². The Morgan fingerprint density at radius 1 is 1.15 bits per heavy atom. The van der Waals surface area contributed by atoms with E-state index in [2.05, 4.69) is 25.7 Å². The van der Waals surface area contributed by atoms with Crippen molar-refractivity contribution in [2.45, 2.75) is 39.5 Å². The van der Waals surface area contributed by atoms with E-state index in [9.17, 15) is 13.6 Å². The van der Waals surface area contributed by atoms with E-state index in [0.717, 1.165) is 0 Å². The molecular formula is C17H26F2N4O3. The van der Waals surface area contributed by atoms with E-state index in [1.807, 2.05) is 0 Å². The summed E-state index contributed by atoms with van der Waals surface area (Å²) in [4.78, 5) is 15.6. The number of nitrogens with zero attached hydrogens (tertiary/aromatic N) is 1. The fourth-order valence-corrected chi connectivity index (χ4v) is 1.92. The molecule has 0 atom stereocenters. The van der Waals surface area contributed by atoms with Gasteiger partial charge in [-0.1, -0.05) is 18.2 Å². The average Bonchev–Trinajstić information content (AvgIpc) is 2.53. The fourth-order valence-electron chi connectivity index (χ4n) is 1.92. The lowest BCUT2D eigenvalue weighted by Crippen LogP contribution is -2.42. The number of halogens is 2. The van der Waals surface area contributed by atoms with Gasteiger partial charge in [0.25, 0.3) is 0 Å². The molecule has 3 N–H and O–H groups in total. The van der Waals surface area contributed by atoms with E-state index in [1.54, 1.807) is 46.0 Å². The summed E-state index contributed by atoms with van der Waals surface area (Å²) < 4.78 is 34.4. The second kappa shape index (κ2) is 10.4. The predicted molar refractivity (Wildman–Crippen MR) is 95.5 cm³/mol. The number of alkyl carbamates (subject to hydrolysis) is 1. The Hall–Kier alpha value is -2.58. The van der Waals surface area contributed by atoms with Gasteiger partial charge in [-0.3, -0.25) is 4.99 Å². The molecule has 0 aliphatic rings. The molecule has 0 spiro atoms. The van der Waals surface area contributed by atoms with Crippen molar-refractivity contribution in [1.82, 2.24) is 16.0 Å². The van der Waals surface area contributed by atoms with Crippen LogP contribution in [0.15, 0.2) is 29.3 Å². The molecule has 0 fully saturated rings. The maximum Gasteiger partial charge on any atom is 0.407 e. The third-order valence-corrected chi connectivity index (χ3v) is 2.94. The molecule has 0 aromatic heterocycles. The lowest BCUT2D eigenvalue weighted by atomic mass is 10.2. The third-order valence-electron chi connectivity index (χ3n) is 2.94. The van der Waals surface area contributed by atoms with Crippen LogP contribution in [0.5, 0.6) is 5.75 Å². The van der Waals surface area contributed by atoms with Gasteiger partial charge in [-0.25, -0.2) is 4.79 Å². The minimum absolute atomic E-state index is 0.108. The maximum absolute atomic E-state index is 12.4. The van der Waals surface area contributed by atoms with E-state index < -0.39 is 18.3 Å². The molecule has 0 radical (unpaired) electrons. The molecule has 1 amide bonds. The molecule has 0 aliphatic heterocycles. The van der Waals surface area contributed by atoms with E-state index >= 15 is 0 Å². The zero-order chi connectivity index (χ0) is 19.6. The van der Waals surface area contributed by atoms with Crippen LogP contribution in [0.4, 0.5) is 13.6 Å². The van der Waals surface area contributed by atoms with E-state index in [-0.39, 0.29) is 12.3 Å². The smallest absolute Gasteiger partial charge is 0.407 e. The van der Waals surface area contributed by atoms with E-state index in [0.29, 0.717) is 24.6 Å². The van der Waals surface area contributed by atoms with Crippen LogP contribution in [-0.4, -0.2) is 44.4 Å². The molecule has 7 nitrogen and oxygen atoms in total. The second-order valence-electron chi connectivity index (χ2n) is 6.27. The number of guanidine groups is 1. The minimum Gasteiger partial charge on any atom is -0.444 e. The number of hydrogen-bond acceptors (Lipinski definition) is 4. The second-order valence-corrected chi connectivity index (χ2v) is 6.27. The highest BCUT2D eigenvalue weighted by molar-refractivity contribution is 5.79. The largest absolute Gasteiger partial charge is 0.444 e. The number of carbonyl (C=O) groups excluding carboxylic acids is 1. The minimum atomic E-state index is -2.88. The summed E-state index contributed by atoms with van der Waals surface area (Å²) >= 11 is 0. The van der Waals surface area contributed by atoms with Gasteiger partial charge in [-0.15, -0.1) is 0 Å². The van der Waals surface area contributed by atoms with Crippen LogP contribution < -0.4 is 20.7 Å². The van der Waals surface area contributed by atoms with Gasteiger partial charge in [-0.2, -0.15) is 8.78 Å². The van der Waals surface area contributed by atoms with Crippen LogP contribution in [0.3, 0.4) is 0 Å². The Balaban J connectivity index is 2.39. The number of hydrogen-bond donors (Lipinski definition) is 3. The zero-order valence-electron chi connectivity index (χ0n) is 15.4. The number of para-hydroxylation sites is 1. The Morgan fingerprint density at radius 2 is 1.81 bits per heavy atom. The van der Waals surface area contributed by atoms with E-state index in [1.165, 1.54) is 6.07 Å². The number of rotatable bonds is 7. The highest BCUT2D eigenvalue weighted by atomic mass is 19.3. The van der Waals surface area contributed by atoms with Crippen LogP contribution in [0, 0.1) is 0 Å². The number of benzene rings is 1. The molecule has 0 heterocycles. The van der Waals surface area contributed by atoms with Crippen LogP contribution in [0.25, 0.3) is 0 Å². The molecular weight excluding hydrogens is 346 g/mol. The highest BCUT2D eigenvalue weighted by Crippen LogP contribution is 2.19. The summed E-state index contributed by atoms with van der Waals surface area (Å²) in [5.74, 6) is 0.569. The first-order valence-corrected chi connectivity index (χ1v) is 8.15. The fraction of sp³-hybridized carbons (Fsp3) is 0.529. The molecule has 0 bridgehead atoms. The van der Waals surface area contributed by atoms with Gasteiger partial charge in [0.2, 0.25) is 0 Å². The van der Waals surface area contributed by atoms with Gasteiger partial charge < -0.3 is 25.4 Å². The van der Waals surface area contributed by atoms with Crippen LogP contribution >= 0.6 is 0 Å². The van der Waals surface area contributed by atoms with Crippen molar-refractivity contribution in [3.05, 3.63) is 29.8 Å².